The highest BCUT2D eigenvalue weighted by Gasteiger charge is 2.38. The quantitative estimate of drug-likeness (QED) is 0.569. The van der Waals surface area contributed by atoms with Gasteiger partial charge in [0, 0.05) is 18.1 Å². The Labute approximate surface area is 184 Å². The summed E-state index contributed by atoms with van der Waals surface area (Å²) in [4.78, 5) is 4.21. The lowest BCUT2D eigenvalue weighted by Gasteiger charge is -2.17. The average Bonchev–Trinajstić information content (AvgIpc) is 2.98. The third-order valence-electron chi connectivity index (χ3n) is 4.96. The fourth-order valence-electron chi connectivity index (χ4n) is 3.45. The van der Waals surface area contributed by atoms with Crippen LogP contribution in [0.15, 0.2) is 41.4 Å². The van der Waals surface area contributed by atoms with E-state index in [1.807, 2.05) is 31.4 Å². The molecule has 0 aliphatic rings. The minimum Gasteiger partial charge on any atom is -0.324 e. The maximum atomic E-state index is 12.8. The smallest absolute Gasteiger partial charge is 0.324 e. The van der Waals surface area contributed by atoms with Gasteiger partial charge in [-0.15, -0.1) is 0 Å². The summed E-state index contributed by atoms with van der Waals surface area (Å²) in [5.41, 5.74) is 3.12. The molecule has 1 aromatic carbocycles. The van der Waals surface area contributed by atoms with Crippen LogP contribution in [0, 0.1) is 24.2 Å². The normalized spacial score (nSPS) is 13.5. The van der Waals surface area contributed by atoms with Gasteiger partial charge in [-0.05, 0) is 49.1 Å². The van der Waals surface area contributed by atoms with E-state index in [1.54, 1.807) is 10.9 Å². The number of hydrogen-bond acceptors (Lipinski definition) is 4. The number of pyridine rings is 1. The van der Waals surface area contributed by atoms with Gasteiger partial charge >= 0.3 is 6.18 Å². The van der Waals surface area contributed by atoms with Gasteiger partial charge in [0.2, 0.25) is 10.0 Å². The molecule has 0 spiro atoms. The van der Waals surface area contributed by atoms with E-state index in [2.05, 4.69) is 11.1 Å². The van der Waals surface area contributed by atoms with E-state index in [0.717, 1.165) is 12.5 Å². The second-order valence-electron chi connectivity index (χ2n) is 8.13. The molecule has 1 atom stereocenters. The predicted molar refractivity (Wildman–Crippen MR) is 115 cm³/mol. The van der Waals surface area contributed by atoms with Crippen LogP contribution in [-0.4, -0.2) is 30.2 Å². The topological polar surface area (TPSA) is 87.8 Å². The van der Waals surface area contributed by atoms with Crippen LogP contribution < -0.4 is 4.72 Å². The van der Waals surface area contributed by atoms with Crippen molar-refractivity contribution in [2.24, 2.45) is 5.92 Å². The zero-order valence-electron chi connectivity index (χ0n) is 18.0. The van der Waals surface area contributed by atoms with Crippen LogP contribution in [0.25, 0.3) is 22.3 Å². The third-order valence-corrected chi connectivity index (χ3v) is 6.51. The molecular weight excluding hydrogens is 441 g/mol. The molecule has 3 rings (SSSR count). The van der Waals surface area contributed by atoms with Gasteiger partial charge in [-0.2, -0.15) is 23.2 Å². The molecule has 170 valence electrons. The minimum absolute atomic E-state index is 0.242. The van der Waals surface area contributed by atoms with E-state index in [9.17, 15) is 26.9 Å². The summed E-state index contributed by atoms with van der Waals surface area (Å²) >= 11 is 0. The monoisotopic (exact) mass is 464 g/mol. The Hall–Kier alpha value is -2.90. The molecule has 0 amide bonds. The first-order valence-corrected chi connectivity index (χ1v) is 11.4. The fraction of sp³-hybridized carbons (Fsp3) is 0.364. The Balaban J connectivity index is 2.11. The lowest BCUT2D eigenvalue weighted by molar-refractivity contribution is -0.147. The van der Waals surface area contributed by atoms with Crippen LogP contribution >= 0.6 is 0 Å². The number of rotatable bonds is 6. The summed E-state index contributed by atoms with van der Waals surface area (Å²) in [5, 5.41) is 10.6. The summed E-state index contributed by atoms with van der Waals surface area (Å²) < 4.78 is 66.6. The van der Waals surface area contributed by atoms with Crippen molar-refractivity contribution in [2.75, 3.05) is 0 Å². The van der Waals surface area contributed by atoms with Gasteiger partial charge in [-0.3, -0.25) is 0 Å². The van der Waals surface area contributed by atoms with E-state index >= 15 is 0 Å². The molecule has 0 aliphatic carbocycles. The van der Waals surface area contributed by atoms with Crippen molar-refractivity contribution < 1.29 is 21.6 Å². The molecule has 1 N–H and O–H groups in total. The molecule has 0 saturated heterocycles. The summed E-state index contributed by atoms with van der Waals surface area (Å²) in [6, 6.07) is 7.34. The van der Waals surface area contributed by atoms with Crippen LogP contribution in [0.3, 0.4) is 0 Å². The second kappa shape index (κ2) is 8.56. The highest BCUT2D eigenvalue weighted by molar-refractivity contribution is 7.89. The van der Waals surface area contributed by atoms with E-state index < -0.39 is 22.2 Å². The van der Waals surface area contributed by atoms with Crippen molar-refractivity contribution in [1.29, 1.82) is 5.26 Å². The van der Waals surface area contributed by atoms with Crippen molar-refractivity contribution in [3.63, 3.8) is 0 Å². The molecule has 2 aromatic heterocycles. The van der Waals surface area contributed by atoms with Crippen LogP contribution in [0.1, 0.15) is 31.9 Å². The molecular formula is C22H23F3N4O2S. The number of aryl methyl sites for hydroxylation is 1. The maximum Gasteiger partial charge on any atom is 0.404 e. The van der Waals surface area contributed by atoms with Gasteiger partial charge < -0.3 is 4.57 Å². The van der Waals surface area contributed by atoms with Crippen molar-refractivity contribution in [3.05, 3.63) is 47.7 Å². The zero-order chi connectivity index (χ0) is 23.8. The Morgan fingerprint density at radius 3 is 2.34 bits per heavy atom. The van der Waals surface area contributed by atoms with E-state index in [4.69, 9.17) is 0 Å². The summed E-state index contributed by atoms with van der Waals surface area (Å²) in [6.07, 6.45) is -2.98. The number of sulfonamides is 1. The first kappa shape index (κ1) is 23.8. The SMILES string of the molecule is Cc1cnc2c(c1)c(C#N)c(-c1ccc(S(=O)(=O)N[C@@H](C)C(F)(F)F)cc1)n2CC(C)C. The summed E-state index contributed by atoms with van der Waals surface area (Å²) in [5.74, 6) is 0.242. The van der Waals surface area contributed by atoms with E-state index in [-0.39, 0.29) is 10.8 Å². The third kappa shape index (κ3) is 4.64. The van der Waals surface area contributed by atoms with Crippen molar-refractivity contribution in [3.8, 4) is 17.3 Å². The Bertz CT molecular complexity index is 1290. The molecule has 6 nitrogen and oxygen atoms in total. The Kier molecular flexibility index (Phi) is 6.36. The minimum atomic E-state index is -4.70. The number of hydrogen-bond donors (Lipinski definition) is 1. The molecule has 0 bridgehead atoms. The number of halogens is 3. The highest BCUT2D eigenvalue weighted by Crippen LogP contribution is 2.34. The molecule has 0 saturated carbocycles. The molecule has 32 heavy (non-hydrogen) atoms. The van der Waals surface area contributed by atoms with Crippen LogP contribution in [0.5, 0.6) is 0 Å². The average molecular weight is 465 g/mol. The standard InChI is InChI=1S/C22H23F3N4O2S/c1-13(2)12-29-20(19(10-26)18-9-14(3)11-27-21(18)29)16-5-7-17(8-6-16)32(30,31)28-15(4)22(23,24)25/h5-9,11,13,15,28H,12H2,1-4H3/t15-/m0/s1. The summed E-state index contributed by atoms with van der Waals surface area (Å²) in [6.45, 7) is 7.25. The van der Waals surface area contributed by atoms with Crippen molar-refractivity contribution >= 4 is 21.1 Å². The van der Waals surface area contributed by atoms with Crippen molar-refractivity contribution in [2.45, 2.75) is 51.4 Å². The van der Waals surface area contributed by atoms with Crippen LogP contribution in [0.2, 0.25) is 0 Å². The van der Waals surface area contributed by atoms with Gasteiger partial charge in [0.25, 0.3) is 0 Å². The predicted octanol–water partition coefficient (Wildman–Crippen LogP) is 4.77. The number of benzene rings is 1. The summed E-state index contributed by atoms with van der Waals surface area (Å²) in [7, 11) is -4.37. The molecule has 0 aliphatic heterocycles. The number of nitrogens with zero attached hydrogens (tertiary/aromatic N) is 3. The number of aromatic nitrogens is 2. The second-order valence-corrected chi connectivity index (χ2v) is 9.85. The fourth-order valence-corrected chi connectivity index (χ4v) is 4.67. The molecule has 0 unspecified atom stereocenters. The lowest BCUT2D eigenvalue weighted by Crippen LogP contribution is -2.42. The zero-order valence-corrected chi connectivity index (χ0v) is 18.8. The van der Waals surface area contributed by atoms with Gasteiger partial charge in [0.05, 0.1) is 16.2 Å². The molecule has 0 fully saturated rings. The van der Waals surface area contributed by atoms with E-state index in [1.165, 1.54) is 24.3 Å². The lowest BCUT2D eigenvalue weighted by atomic mass is 10.1. The highest BCUT2D eigenvalue weighted by atomic mass is 32.2. The van der Waals surface area contributed by atoms with E-state index in [0.29, 0.717) is 34.4 Å². The molecule has 10 heteroatoms. The number of nitrogens with one attached hydrogen (secondary N) is 1. The van der Waals surface area contributed by atoms with Crippen molar-refractivity contribution in [1.82, 2.24) is 14.3 Å². The van der Waals surface area contributed by atoms with Crippen LogP contribution in [-0.2, 0) is 16.6 Å². The molecule has 2 heterocycles. The first-order valence-electron chi connectivity index (χ1n) is 9.93. The van der Waals surface area contributed by atoms with Gasteiger partial charge in [0.1, 0.15) is 17.8 Å². The molecule has 0 radical (unpaired) electrons. The van der Waals surface area contributed by atoms with Gasteiger partial charge in [-0.25, -0.2) is 13.4 Å². The number of fused-ring (bicyclic) bond motifs is 1. The Morgan fingerprint density at radius 1 is 1.19 bits per heavy atom. The van der Waals surface area contributed by atoms with Crippen LogP contribution in [0.4, 0.5) is 13.2 Å². The number of nitriles is 1. The maximum absolute atomic E-state index is 12.8. The Morgan fingerprint density at radius 2 is 1.81 bits per heavy atom. The first-order chi connectivity index (χ1) is 14.8. The van der Waals surface area contributed by atoms with Gasteiger partial charge in [-0.1, -0.05) is 26.0 Å². The van der Waals surface area contributed by atoms with Gasteiger partial charge in [0.15, 0.2) is 0 Å². The molecule has 3 aromatic rings. The number of alkyl halides is 3. The largest absolute Gasteiger partial charge is 0.404 e.